The second-order valence-corrected chi connectivity index (χ2v) is 9.11. The van der Waals surface area contributed by atoms with Crippen LogP contribution in [0.1, 0.15) is 44.3 Å². The van der Waals surface area contributed by atoms with Crippen LogP contribution in [0.15, 0.2) is 27.8 Å². The molecule has 9 heteroatoms. The van der Waals surface area contributed by atoms with Crippen molar-refractivity contribution >= 4 is 35.8 Å². The van der Waals surface area contributed by atoms with Gasteiger partial charge in [0.05, 0.1) is 25.5 Å². The van der Waals surface area contributed by atoms with E-state index in [4.69, 9.17) is 14.1 Å². The van der Waals surface area contributed by atoms with E-state index >= 15 is 0 Å². The first kappa shape index (κ1) is 26.3. The first-order valence-electron chi connectivity index (χ1n) is 12.5. The van der Waals surface area contributed by atoms with Crippen molar-refractivity contribution in [2.45, 2.75) is 51.0 Å². The average molecular weight is 574 g/mol. The number of hydrogen-bond donors (Lipinski definition) is 1. The molecule has 3 aliphatic heterocycles. The number of carbonyl (C=O) groups is 1. The van der Waals surface area contributed by atoms with Crippen molar-refractivity contribution < 1.29 is 13.9 Å². The Morgan fingerprint density at radius 2 is 1.85 bits per heavy atom. The monoisotopic (exact) mass is 573 g/mol. The van der Waals surface area contributed by atoms with E-state index in [0.717, 1.165) is 96.2 Å². The summed E-state index contributed by atoms with van der Waals surface area (Å²) in [6.45, 7) is 8.28. The summed E-state index contributed by atoms with van der Waals surface area (Å²) in [5.41, 5.74) is 0. The van der Waals surface area contributed by atoms with E-state index in [1.807, 2.05) is 17.0 Å². The van der Waals surface area contributed by atoms with Crippen molar-refractivity contribution in [3.05, 3.63) is 24.2 Å². The number of halogens is 1. The van der Waals surface area contributed by atoms with Gasteiger partial charge in [-0.3, -0.25) is 14.7 Å². The Hall–Kier alpha value is -1.33. The van der Waals surface area contributed by atoms with E-state index in [2.05, 4.69) is 15.1 Å². The number of nitrogens with zero attached hydrogens (tertiary/aromatic N) is 4. The Labute approximate surface area is 215 Å². The van der Waals surface area contributed by atoms with Gasteiger partial charge in [0.15, 0.2) is 5.96 Å². The lowest BCUT2D eigenvalue weighted by atomic mass is 10.1. The zero-order valence-electron chi connectivity index (χ0n) is 19.8. The van der Waals surface area contributed by atoms with Crippen LogP contribution in [0.4, 0.5) is 0 Å². The number of hydrogen-bond acceptors (Lipinski definition) is 5. The molecule has 0 radical (unpaired) electrons. The van der Waals surface area contributed by atoms with Crippen LogP contribution in [0.2, 0.25) is 0 Å². The molecule has 1 amide bonds. The molecular formula is C24H40IN5O3. The SMILES string of the molecule is I.O=C(CN1CCN(C(=NCC2CCCCO2)NCCc2ccco2)CC1)N1CCCCC1. The molecule has 1 aromatic rings. The Kier molecular flexibility index (Phi) is 11.3. The molecule has 4 rings (SSSR count). The second kappa shape index (κ2) is 14.2. The van der Waals surface area contributed by atoms with Crippen LogP contribution in [0.3, 0.4) is 0 Å². The van der Waals surface area contributed by atoms with Crippen LogP contribution < -0.4 is 5.32 Å². The minimum absolute atomic E-state index is 0. The zero-order valence-corrected chi connectivity index (χ0v) is 22.1. The van der Waals surface area contributed by atoms with Gasteiger partial charge in [-0.25, -0.2) is 0 Å². The van der Waals surface area contributed by atoms with Crippen molar-refractivity contribution in [3.63, 3.8) is 0 Å². The first-order valence-corrected chi connectivity index (χ1v) is 12.5. The van der Waals surface area contributed by atoms with Gasteiger partial charge >= 0.3 is 0 Å². The highest BCUT2D eigenvalue weighted by atomic mass is 127. The fraction of sp³-hybridized carbons (Fsp3) is 0.750. The van der Waals surface area contributed by atoms with Crippen LogP contribution in [-0.4, -0.2) is 98.2 Å². The summed E-state index contributed by atoms with van der Waals surface area (Å²) in [5.74, 6) is 2.22. The predicted octanol–water partition coefficient (Wildman–Crippen LogP) is 2.58. The molecule has 186 valence electrons. The number of ether oxygens (including phenoxy) is 1. The Bertz CT molecular complexity index is 710. The minimum Gasteiger partial charge on any atom is -0.469 e. The van der Waals surface area contributed by atoms with Crippen molar-refractivity contribution in [3.8, 4) is 0 Å². The van der Waals surface area contributed by atoms with Gasteiger partial charge in [0.1, 0.15) is 5.76 Å². The molecule has 3 saturated heterocycles. The number of piperazine rings is 1. The van der Waals surface area contributed by atoms with Gasteiger partial charge < -0.3 is 24.3 Å². The van der Waals surface area contributed by atoms with E-state index in [0.29, 0.717) is 13.1 Å². The molecule has 1 atom stereocenters. The van der Waals surface area contributed by atoms with Gasteiger partial charge in [0, 0.05) is 58.8 Å². The van der Waals surface area contributed by atoms with Crippen molar-refractivity contribution in [2.75, 3.05) is 65.5 Å². The van der Waals surface area contributed by atoms with E-state index < -0.39 is 0 Å². The van der Waals surface area contributed by atoms with Gasteiger partial charge in [0.25, 0.3) is 0 Å². The average Bonchev–Trinajstić information content (AvgIpc) is 3.37. The summed E-state index contributed by atoms with van der Waals surface area (Å²) in [5, 5.41) is 3.54. The lowest BCUT2D eigenvalue weighted by molar-refractivity contribution is -0.133. The number of likely N-dealkylation sites (tertiary alicyclic amines) is 1. The summed E-state index contributed by atoms with van der Waals surface area (Å²) in [6.07, 6.45) is 9.80. The standard InChI is InChI=1S/C24H39N5O3.HI/c30-23(28-11-3-1-4-12-28)20-27-13-15-29(16-14-27)24(25-10-9-21-8-6-18-31-21)26-19-22-7-2-5-17-32-22;/h6,8,18,22H,1-5,7,9-17,19-20H2,(H,25,26);1H. The number of amides is 1. The Balaban J connectivity index is 0.00000306. The third-order valence-corrected chi connectivity index (χ3v) is 6.69. The van der Waals surface area contributed by atoms with Crippen LogP contribution in [0.5, 0.6) is 0 Å². The van der Waals surface area contributed by atoms with Gasteiger partial charge in [-0.1, -0.05) is 0 Å². The number of aliphatic imine (C=N–C) groups is 1. The Morgan fingerprint density at radius 3 is 2.55 bits per heavy atom. The van der Waals surface area contributed by atoms with Crippen molar-refractivity contribution in [1.82, 2.24) is 20.0 Å². The number of furan rings is 1. The number of carbonyl (C=O) groups excluding carboxylic acids is 1. The maximum Gasteiger partial charge on any atom is 0.236 e. The highest BCUT2D eigenvalue weighted by molar-refractivity contribution is 14.0. The predicted molar refractivity (Wildman–Crippen MR) is 140 cm³/mol. The summed E-state index contributed by atoms with van der Waals surface area (Å²) in [4.78, 5) is 24.2. The van der Waals surface area contributed by atoms with Crippen LogP contribution in [0, 0.1) is 0 Å². The number of piperidine rings is 1. The third-order valence-electron chi connectivity index (χ3n) is 6.69. The Morgan fingerprint density at radius 1 is 1.03 bits per heavy atom. The summed E-state index contributed by atoms with van der Waals surface area (Å²) >= 11 is 0. The number of rotatable bonds is 7. The quantitative estimate of drug-likeness (QED) is 0.307. The van der Waals surface area contributed by atoms with Crippen LogP contribution >= 0.6 is 24.0 Å². The largest absolute Gasteiger partial charge is 0.469 e. The van der Waals surface area contributed by atoms with E-state index in [-0.39, 0.29) is 36.0 Å². The molecule has 0 bridgehead atoms. The van der Waals surface area contributed by atoms with Gasteiger partial charge in [-0.15, -0.1) is 24.0 Å². The lowest BCUT2D eigenvalue weighted by Gasteiger charge is -2.37. The molecule has 0 aliphatic carbocycles. The fourth-order valence-corrected chi connectivity index (χ4v) is 4.71. The second-order valence-electron chi connectivity index (χ2n) is 9.11. The molecule has 0 aromatic carbocycles. The topological polar surface area (TPSA) is 73.5 Å². The normalized spacial score (nSPS) is 22.7. The molecule has 8 nitrogen and oxygen atoms in total. The molecule has 0 saturated carbocycles. The number of guanidine groups is 1. The highest BCUT2D eigenvalue weighted by Gasteiger charge is 2.24. The highest BCUT2D eigenvalue weighted by Crippen LogP contribution is 2.14. The molecule has 33 heavy (non-hydrogen) atoms. The maximum absolute atomic E-state index is 12.6. The van der Waals surface area contributed by atoms with Gasteiger partial charge in [-0.2, -0.15) is 0 Å². The van der Waals surface area contributed by atoms with E-state index in [9.17, 15) is 4.79 Å². The third kappa shape index (κ3) is 8.43. The lowest BCUT2D eigenvalue weighted by Crippen LogP contribution is -2.54. The van der Waals surface area contributed by atoms with Crippen molar-refractivity contribution in [1.29, 1.82) is 0 Å². The summed E-state index contributed by atoms with van der Waals surface area (Å²) < 4.78 is 11.3. The summed E-state index contributed by atoms with van der Waals surface area (Å²) in [7, 11) is 0. The zero-order chi connectivity index (χ0) is 22.0. The van der Waals surface area contributed by atoms with Crippen LogP contribution in [-0.2, 0) is 16.0 Å². The molecule has 3 fully saturated rings. The molecular weight excluding hydrogens is 533 g/mol. The van der Waals surface area contributed by atoms with E-state index in [1.165, 1.54) is 12.8 Å². The molecule has 3 aliphatic rings. The van der Waals surface area contributed by atoms with Gasteiger partial charge in [-0.05, 0) is 50.7 Å². The molecule has 1 unspecified atom stereocenters. The first-order chi connectivity index (χ1) is 15.8. The molecule has 4 heterocycles. The van der Waals surface area contributed by atoms with E-state index in [1.54, 1.807) is 6.26 Å². The maximum atomic E-state index is 12.6. The fourth-order valence-electron chi connectivity index (χ4n) is 4.71. The smallest absolute Gasteiger partial charge is 0.236 e. The molecule has 1 aromatic heterocycles. The minimum atomic E-state index is 0. The van der Waals surface area contributed by atoms with Crippen molar-refractivity contribution in [2.24, 2.45) is 4.99 Å². The van der Waals surface area contributed by atoms with Gasteiger partial charge in [0.2, 0.25) is 5.91 Å². The van der Waals surface area contributed by atoms with Crippen LogP contribution in [0.25, 0.3) is 0 Å². The summed E-state index contributed by atoms with van der Waals surface area (Å²) in [6, 6.07) is 3.93. The molecule has 1 N–H and O–H groups in total. The molecule has 0 spiro atoms. The number of nitrogens with one attached hydrogen (secondary N) is 1.